The Kier molecular flexibility index (Phi) is 4.70. The van der Waals surface area contributed by atoms with Crippen molar-refractivity contribution in [2.45, 2.75) is 33.7 Å². The van der Waals surface area contributed by atoms with Crippen molar-refractivity contribution in [3.05, 3.63) is 34.9 Å². The molecule has 0 aliphatic carbocycles. The van der Waals surface area contributed by atoms with Crippen LogP contribution in [0.25, 0.3) is 0 Å². The summed E-state index contributed by atoms with van der Waals surface area (Å²) < 4.78 is 0. The van der Waals surface area contributed by atoms with Crippen LogP contribution in [0.5, 0.6) is 0 Å². The molecule has 0 bridgehead atoms. The van der Waals surface area contributed by atoms with Crippen LogP contribution in [0.2, 0.25) is 0 Å². The number of aryl methyl sites for hydroxylation is 2. The number of amides is 1. The molecule has 0 radical (unpaired) electrons. The molecule has 3 heteroatoms. The molecule has 94 valence electrons. The van der Waals surface area contributed by atoms with Gasteiger partial charge in [-0.25, -0.2) is 0 Å². The van der Waals surface area contributed by atoms with Gasteiger partial charge in [0.05, 0.1) is 0 Å². The van der Waals surface area contributed by atoms with E-state index >= 15 is 0 Å². The van der Waals surface area contributed by atoms with Gasteiger partial charge < -0.3 is 11.1 Å². The molecule has 0 spiro atoms. The SMILES string of the molecule is Cc1ccc(C(NCC(C)C)C(N)=O)c(C)c1. The number of nitrogens with one attached hydrogen (secondary N) is 1. The number of nitrogens with two attached hydrogens (primary N) is 1. The van der Waals surface area contributed by atoms with Crippen LogP contribution >= 0.6 is 0 Å². The number of hydrogen-bond acceptors (Lipinski definition) is 2. The highest BCUT2D eigenvalue weighted by Gasteiger charge is 2.19. The first kappa shape index (κ1) is 13.7. The van der Waals surface area contributed by atoms with Crippen LogP contribution in [0.4, 0.5) is 0 Å². The fourth-order valence-corrected chi connectivity index (χ4v) is 1.87. The van der Waals surface area contributed by atoms with Crippen LogP contribution < -0.4 is 11.1 Å². The summed E-state index contributed by atoms with van der Waals surface area (Å²) in [6.07, 6.45) is 0. The summed E-state index contributed by atoms with van der Waals surface area (Å²) in [6, 6.07) is 5.67. The summed E-state index contributed by atoms with van der Waals surface area (Å²) >= 11 is 0. The summed E-state index contributed by atoms with van der Waals surface area (Å²) in [6.45, 7) is 9.04. The van der Waals surface area contributed by atoms with E-state index in [4.69, 9.17) is 5.73 Å². The van der Waals surface area contributed by atoms with Crippen molar-refractivity contribution in [1.29, 1.82) is 0 Å². The minimum atomic E-state index is -0.391. The number of primary amides is 1. The second-order valence-corrected chi connectivity index (χ2v) is 5.00. The van der Waals surface area contributed by atoms with E-state index in [0.29, 0.717) is 5.92 Å². The summed E-state index contributed by atoms with van der Waals surface area (Å²) in [5.41, 5.74) is 8.73. The molecular weight excluding hydrogens is 212 g/mol. The lowest BCUT2D eigenvalue weighted by atomic mass is 9.98. The van der Waals surface area contributed by atoms with E-state index in [1.165, 1.54) is 5.56 Å². The van der Waals surface area contributed by atoms with Gasteiger partial charge in [-0.1, -0.05) is 37.6 Å². The summed E-state index contributed by atoms with van der Waals surface area (Å²) in [4.78, 5) is 11.5. The first-order chi connectivity index (χ1) is 7.91. The summed E-state index contributed by atoms with van der Waals surface area (Å²) in [7, 11) is 0. The second kappa shape index (κ2) is 5.82. The third-order valence-corrected chi connectivity index (χ3v) is 2.75. The molecule has 0 saturated carbocycles. The Morgan fingerprint density at radius 1 is 1.35 bits per heavy atom. The van der Waals surface area contributed by atoms with Crippen LogP contribution in [0.1, 0.15) is 36.6 Å². The Balaban J connectivity index is 2.93. The van der Waals surface area contributed by atoms with E-state index in [1.807, 2.05) is 26.0 Å². The molecule has 3 N–H and O–H groups in total. The van der Waals surface area contributed by atoms with Crippen molar-refractivity contribution in [1.82, 2.24) is 5.32 Å². The minimum Gasteiger partial charge on any atom is -0.368 e. The lowest BCUT2D eigenvalue weighted by molar-refractivity contribution is -0.120. The highest BCUT2D eigenvalue weighted by molar-refractivity contribution is 5.81. The van der Waals surface area contributed by atoms with Gasteiger partial charge in [-0.15, -0.1) is 0 Å². The zero-order valence-electron chi connectivity index (χ0n) is 11.1. The Hall–Kier alpha value is -1.35. The fourth-order valence-electron chi connectivity index (χ4n) is 1.87. The van der Waals surface area contributed by atoms with Crippen molar-refractivity contribution in [2.75, 3.05) is 6.54 Å². The van der Waals surface area contributed by atoms with Crippen molar-refractivity contribution in [2.24, 2.45) is 11.7 Å². The largest absolute Gasteiger partial charge is 0.368 e. The van der Waals surface area contributed by atoms with E-state index < -0.39 is 6.04 Å². The maximum absolute atomic E-state index is 11.5. The normalized spacial score (nSPS) is 12.8. The van der Waals surface area contributed by atoms with Crippen LogP contribution in [0.15, 0.2) is 18.2 Å². The Morgan fingerprint density at radius 3 is 2.47 bits per heavy atom. The van der Waals surface area contributed by atoms with Crippen molar-refractivity contribution in [3.8, 4) is 0 Å². The maximum atomic E-state index is 11.5. The topological polar surface area (TPSA) is 55.1 Å². The van der Waals surface area contributed by atoms with Gasteiger partial charge in [-0.2, -0.15) is 0 Å². The predicted octanol–water partition coefficient (Wildman–Crippen LogP) is 2.08. The lowest BCUT2D eigenvalue weighted by Gasteiger charge is -2.19. The molecule has 1 rings (SSSR count). The van der Waals surface area contributed by atoms with Gasteiger partial charge in [0.15, 0.2) is 0 Å². The molecule has 0 aliphatic heterocycles. The highest BCUT2D eigenvalue weighted by atomic mass is 16.1. The molecule has 1 unspecified atom stereocenters. The fraction of sp³-hybridized carbons (Fsp3) is 0.500. The van der Waals surface area contributed by atoms with Crippen molar-refractivity contribution < 1.29 is 4.79 Å². The Morgan fingerprint density at radius 2 is 2.00 bits per heavy atom. The second-order valence-electron chi connectivity index (χ2n) is 5.00. The number of carbonyl (C=O) groups is 1. The summed E-state index contributed by atoms with van der Waals surface area (Å²) in [5, 5.41) is 3.22. The molecule has 1 aromatic rings. The quantitative estimate of drug-likeness (QED) is 0.819. The molecular formula is C14H22N2O. The van der Waals surface area contributed by atoms with Gasteiger partial charge in [0, 0.05) is 0 Å². The van der Waals surface area contributed by atoms with Crippen LogP contribution in [0.3, 0.4) is 0 Å². The number of carbonyl (C=O) groups excluding carboxylic acids is 1. The molecule has 0 fully saturated rings. The smallest absolute Gasteiger partial charge is 0.239 e. The zero-order valence-corrected chi connectivity index (χ0v) is 11.1. The molecule has 1 atom stereocenters. The highest BCUT2D eigenvalue weighted by Crippen LogP contribution is 2.19. The molecule has 1 amide bonds. The van der Waals surface area contributed by atoms with E-state index in [-0.39, 0.29) is 5.91 Å². The number of hydrogen-bond donors (Lipinski definition) is 2. The van der Waals surface area contributed by atoms with Gasteiger partial charge in [0.1, 0.15) is 6.04 Å². The number of rotatable bonds is 5. The standard InChI is InChI=1S/C14H22N2O/c1-9(2)8-16-13(14(15)17)12-6-5-10(3)7-11(12)4/h5-7,9,13,16H,8H2,1-4H3,(H2,15,17). The Labute approximate surface area is 103 Å². The molecule has 3 nitrogen and oxygen atoms in total. The first-order valence-electron chi connectivity index (χ1n) is 6.01. The van der Waals surface area contributed by atoms with Gasteiger partial charge in [-0.3, -0.25) is 4.79 Å². The molecule has 0 heterocycles. The van der Waals surface area contributed by atoms with Crippen LogP contribution in [-0.4, -0.2) is 12.5 Å². The van der Waals surface area contributed by atoms with E-state index in [1.54, 1.807) is 0 Å². The van der Waals surface area contributed by atoms with E-state index in [9.17, 15) is 4.79 Å². The average molecular weight is 234 g/mol. The average Bonchev–Trinajstić information content (AvgIpc) is 2.20. The van der Waals surface area contributed by atoms with Crippen LogP contribution in [-0.2, 0) is 4.79 Å². The molecule has 0 saturated heterocycles. The lowest BCUT2D eigenvalue weighted by Crippen LogP contribution is -2.36. The summed E-state index contributed by atoms with van der Waals surface area (Å²) in [5.74, 6) is 0.167. The third kappa shape index (κ3) is 3.86. The van der Waals surface area contributed by atoms with Gasteiger partial charge in [0.2, 0.25) is 5.91 Å². The van der Waals surface area contributed by atoms with Crippen LogP contribution in [0, 0.1) is 19.8 Å². The first-order valence-corrected chi connectivity index (χ1v) is 6.01. The maximum Gasteiger partial charge on any atom is 0.239 e. The van der Waals surface area contributed by atoms with Gasteiger partial charge >= 0.3 is 0 Å². The monoisotopic (exact) mass is 234 g/mol. The molecule has 1 aromatic carbocycles. The Bertz CT molecular complexity index is 399. The third-order valence-electron chi connectivity index (χ3n) is 2.75. The van der Waals surface area contributed by atoms with Crippen molar-refractivity contribution in [3.63, 3.8) is 0 Å². The minimum absolute atomic E-state index is 0.322. The predicted molar refractivity (Wildman–Crippen MR) is 70.7 cm³/mol. The molecule has 0 aliphatic rings. The van der Waals surface area contributed by atoms with E-state index in [2.05, 4.69) is 25.2 Å². The molecule has 17 heavy (non-hydrogen) atoms. The van der Waals surface area contributed by atoms with E-state index in [0.717, 1.165) is 17.7 Å². The van der Waals surface area contributed by atoms with Gasteiger partial charge in [-0.05, 0) is 37.4 Å². The van der Waals surface area contributed by atoms with Crippen molar-refractivity contribution >= 4 is 5.91 Å². The zero-order chi connectivity index (χ0) is 13.0. The van der Waals surface area contributed by atoms with Gasteiger partial charge in [0.25, 0.3) is 0 Å². The molecule has 0 aromatic heterocycles. The number of benzene rings is 1.